The molecule has 0 saturated carbocycles. The monoisotopic (exact) mass is 428 g/mol. The number of H-pyrrole nitrogens is 1. The molecule has 152 valence electrons. The van der Waals surface area contributed by atoms with Crippen LogP contribution in [0.1, 0.15) is 10.4 Å². The molecule has 3 N–H and O–H groups in total. The van der Waals surface area contributed by atoms with Crippen LogP contribution in [0.2, 0.25) is 5.02 Å². The second-order valence-corrected chi connectivity index (χ2v) is 7.92. The lowest BCUT2D eigenvalue weighted by atomic mass is 9.94. The standard InChI is InChI=1S/C25H18ClN3O2/c26-16-10-11-18-17(14-16)23(15-6-2-1-3-7-15)24(25(31)29-18)21(30)12-13-22-27-19-8-4-5-9-20(19)28-22/h1-14,19-20H,(H,27,28)(H,29,31)/p+1/b13-12+/t19-,20-/m1/s1. The molecule has 1 aliphatic heterocycles. The number of pyridine rings is 1. The molecule has 1 aliphatic carbocycles. The van der Waals surface area contributed by atoms with E-state index in [-0.39, 0.29) is 23.4 Å². The molecule has 2 aliphatic rings. The Bertz CT molecular complexity index is 1370. The fourth-order valence-electron chi connectivity index (χ4n) is 4.03. The average molecular weight is 429 g/mol. The number of rotatable bonds is 4. The minimum Gasteiger partial charge on any atom is -0.321 e. The van der Waals surface area contributed by atoms with E-state index in [1.807, 2.05) is 42.5 Å². The van der Waals surface area contributed by atoms with E-state index in [1.54, 1.807) is 24.3 Å². The fraction of sp³-hybridized carbons (Fsp3) is 0.0800. The van der Waals surface area contributed by atoms with Crippen LogP contribution < -0.4 is 15.9 Å². The molecule has 0 spiro atoms. The number of fused-ring (bicyclic) bond motifs is 2. The molecule has 0 saturated heterocycles. The highest BCUT2D eigenvalue weighted by molar-refractivity contribution is 6.31. The van der Waals surface area contributed by atoms with Gasteiger partial charge in [0.2, 0.25) is 0 Å². The Hall–Kier alpha value is -3.70. The van der Waals surface area contributed by atoms with Crippen molar-refractivity contribution >= 4 is 34.1 Å². The Labute approximate surface area is 183 Å². The van der Waals surface area contributed by atoms with Crippen LogP contribution in [-0.4, -0.2) is 28.7 Å². The first kappa shape index (κ1) is 19.3. The van der Waals surface area contributed by atoms with E-state index >= 15 is 0 Å². The number of ketones is 1. The summed E-state index contributed by atoms with van der Waals surface area (Å²) in [6, 6.07) is 14.9. The number of aromatic amines is 1. The number of amidine groups is 1. The first-order chi connectivity index (χ1) is 15.1. The molecule has 0 radical (unpaired) electrons. The molecule has 2 heterocycles. The van der Waals surface area contributed by atoms with Crippen LogP contribution in [0.15, 0.2) is 89.8 Å². The number of allylic oxidation sites excluding steroid dienone is 3. The van der Waals surface area contributed by atoms with Crippen molar-refractivity contribution in [2.75, 3.05) is 0 Å². The molecule has 0 amide bonds. The van der Waals surface area contributed by atoms with E-state index in [1.165, 1.54) is 6.08 Å². The van der Waals surface area contributed by atoms with Gasteiger partial charge in [0, 0.05) is 27.6 Å². The minimum atomic E-state index is -0.430. The van der Waals surface area contributed by atoms with Gasteiger partial charge in [-0.15, -0.1) is 0 Å². The van der Waals surface area contributed by atoms with Crippen molar-refractivity contribution in [2.24, 2.45) is 0 Å². The molecule has 2 atom stereocenters. The maximum Gasteiger partial charge on any atom is 0.268 e. The number of benzene rings is 2. The molecule has 5 nitrogen and oxygen atoms in total. The Kier molecular flexibility index (Phi) is 4.88. The maximum absolute atomic E-state index is 13.2. The molecule has 1 aromatic heterocycles. The third-order valence-corrected chi connectivity index (χ3v) is 5.70. The van der Waals surface area contributed by atoms with E-state index in [2.05, 4.69) is 27.4 Å². The Balaban J connectivity index is 1.60. The molecule has 0 fully saturated rings. The number of aromatic nitrogens is 1. The largest absolute Gasteiger partial charge is 0.321 e. The number of halogens is 1. The van der Waals surface area contributed by atoms with Crippen LogP contribution in [0, 0.1) is 0 Å². The van der Waals surface area contributed by atoms with Crippen LogP contribution in [0.3, 0.4) is 0 Å². The Morgan fingerprint density at radius 2 is 1.87 bits per heavy atom. The zero-order valence-electron chi connectivity index (χ0n) is 16.4. The summed E-state index contributed by atoms with van der Waals surface area (Å²) in [7, 11) is 0. The second-order valence-electron chi connectivity index (χ2n) is 7.48. The fourth-order valence-corrected chi connectivity index (χ4v) is 4.20. The number of carbonyl (C=O) groups is 1. The van der Waals surface area contributed by atoms with E-state index in [4.69, 9.17) is 11.6 Å². The van der Waals surface area contributed by atoms with Crippen LogP contribution in [0.25, 0.3) is 22.0 Å². The van der Waals surface area contributed by atoms with Gasteiger partial charge in [-0.3, -0.25) is 19.9 Å². The molecule has 6 heteroatoms. The summed E-state index contributed by atoms with van der Waals surface area (Å²) in [6.07, 6.45) is 11.2. The SMILES string of the molecule is O=C(/C=C/C1=[NH+][C@@H]2C=CC=C[C@H]2N1)c1c(-c2ccccc2)c2cc(Cl)ccc2[nH]c1=O. The minimum absolute atomic E-state index is 0.0908. The quantitative estimate of drug-likeness (QED) is 0.441. The summed E-state index contributed by atoms with van der Waals surface area (Å²) >= 11 is 6.24. The van der Waals surface area contributed by atoms with E-state index < -0.39 is 5.56 Å². The molecule has 3 aromatic rings. The van der Waals surface area contributed by atoms with Crippen LogP contribution in [-0.2, 0) is 0 Å². The van der Waals surface area contributed by atoms with Crippen molar-refractivity contribution in [1.29, 1.82) is 0 Å². The number of hydrogen-bond acceptors (Lipinski definition) is 3. The lowest BCUT2D eigenvalue weighted by Crippen LogP contribution is -2.77. The molecule has 0 bridgehead atoms. The van der Waals surface area contributed by atoms with Crippen molar-refractivity contribution in [2.45, 2.75) is 12.1 Å². The predicted molar refractivity (Wildman–Crippen MR) is 123 cm³/mol. The molecule has 5 rings (SSSR count). The van der Waals surface area contributed by atoms with Crippen molar-refractivity contribution < 1.29 is 9.79 Å². The van der Waals surface area contributed by atoms with Crippen LogP contribution >= 0.6 is 11.6 Å². The molecule has 2 aromatic carbocycles. The second kappa shape index (κ2) is 7.85. The summed E-state index contributed by atoms with van der Waals surface area (Å²) in [5.41, 5.74) is 1.65. The lowest BCUT2D eigenvalue weighted by molar-refractivity contribution is -0.478. The third kappa shape index (κ3) is 3.64. The summed E-state index contributed by atoms with van der Waals surface area (Å²) in [5.74, 6) is 0.361. The first-order valence-electron chi connectivity index (χ1n) is 9.98. The number of nitrogens with one attached hydrogen (secondary N) is 3. The van der Waals surface area contributed by atoms with E-state index in [0.717, 1.165) is 16.8 Å². The molecular formula is C25H19ClN3O2+. The van der Waals surface area contributed by atoms with Gasteiger partial charge >= 0.3 is 0 Å². The normalized spacial score (nSPS) is 19.5. The molecular weight excluding hydrogens is 410 g/mol. The van der Waals surface area contributed by atoms with Crippen molar-refractivity contribution in [1.82, 2.24) is 10.3 Å². The van der Waals surface area contributed by atoms with E-state index in [9.17, 15) is 9.59 Å². The molecule has 0 unspecified atom stereocenters. The smallest absolute Gasteiger partial charge is 0.268 e. The van der Waals surface area contributed by atoms with Gasteiger partial charge in [0.05, 0.1) is 5.56 Å². The highest BCUT2D eigenvalue weighted by atomic mass is 35.5. The summed E-state index contributed by atoms with van der Waals surface area (Å²) in [4.78, 5) is 32.3. The predicted octanol–water partition coefficient (Wildman–Crippen LogP) is 2.53. The number of carbonyl (C=O) groups excluding carboxylic acids is 1. The van der Waals surface area contributed by atoms with Crippen LogP contribution in [0.5, 0.6) is 0 Å². The van der Waals surface area contributed by atoms with Crippen LogP contribution in [0.4, 0.5) is 0 Å². The highest BCUT2D eigenvalue weighted by Gasteiger charge is 2.31. The lowest BCUT2D eigenvalue weighted by Gasteiger charge is -2.11. The van der Waals surface area contributed by atoms with E-state index in [0.29, 0.717) is 16.1 Å². The average Bonchev–Trinajstić information content (AvgIpc) is 3.20. The van der Waals surface area contributed by atoms with Gasteiger partial charge in [-0.2, -0.15) is 0 Å². The summed E-state index contributed by atoms with van der Waals surface area (Å²) in [6.45, 7) is 0. The van der Waals surface area contributed by atoms with Gasteiger partial charge in [-0.25, -0.2) is 0 Å². The topological polar surface area (TPSA) is 75.9 Å². The van der Waals surface area contributed by atoms with Gasteiger partial charge in [-0.05, 0) is 42.0 Å². The van der Waals surface area contributed by atoms with Gasteiger partial charge in [-0.1, -0.05) is 54.1 Å². The van der Waals surface area contributed by atoms with Gasteiger partial charge < -0.3 is 4.98 Å². The first-order valence-corrected chi connectivity index (χ1v) is 10.4. The van der Waals surface area contributed by atoms with Crippen molar-refractivity contribution in [3.05, 3.63) is 106 Å². The maximum atomic E-state index is 13.2. The third-order valence-electron chi connectivity index (χ3n) is 5.47. The van der Waals surface area contributed by atoms with Crippen molar-refractivity contribution in [3.63, 3.8) is 0 Å². The Morgan fingerprint density at radius 3 is 2.68 bits per heavy atom. The zero-order valence-corrected chi connectivity index (χ0v) is 17.2. The summed E-state index contributed by atoms with van der Waals surface area (Å²) < 4.78 is 0. The zero-order chi connectivity index (χ0) is 21.4. The van der Waals surface area contributed by atoms with Gasteiger partial charge in [0.15, 0.2) is 17.9 Å². The number of hydrogen-bond donors (Lipinski definition) is 3. The molecule has 31 heavy (non-hydrogen) atoms. The Morgan fingerprint density at radius 1 is 1.06 bits per heavy atom. The summed E-state index contributed by atoms with van der Waals surface area (Å²) in [5, 5.41) is 4.58. The van der Waals surface area contributed by atoms with Crippen molar-refractivity contribution in [3.8, 4) is 11.1 Å². The highest BCUT2D eigenvalue weighted by Crippen LogP contribution is 2.31. The van der Waals surface area contributed by atoms with Gasteiger partial charge in [0.1, 0.15) is 0 Å². The van der Waals surface area contributed by atoms with Gasteiger partial charge in [0.25, 0.3) is 11.4 Å².